The Labute approximate surface area is 205 Å². The number of para-hydroxylation sites is 1. The fourth-order valence-corrected chi connectivity index (χ4v) is 4.59. The normalized spacial score (nSPS) is 18.3. The fraction of sp³-hybridized carbons (Fsp3) is 0.667. The monoisotopic (exact) mass is 541 g/mol. The zero-order valence-corrected chi connectivity index (χ0v) is 21.8. The molecule has 1 N–H and O–H groups in total. The van der Waals surface area contributed by atoms with Gasteiger partial charge in [-0.1, -0.05) is 32.0 Å². The Morgan fingerprint density at radius 2 is 1.97 bits per heavy atom. The molecule has 0 saturated carbocycles. The number of nitrogens with one attached hydrogen (secondary N) is 1. The molecule has 1 saturated heterocycles. The molecule has 1 aromatic carbocycles. The number of fused-ring (bicyclic) bond motifs is 1. The van der Waals surface area contributed by atoms with E-state index >= 15 is 0 Å². The summed E-state index contributed by atoms with van der Waals surface area (Å²) >= 11 is 0. The summed E-state index contributed by atoms with van der Waals surface area (Å²) in [5.74, 6) is 1.95. The third-order valence-electron chi connectivity index (χ3n) is 6.33. The second-order valence-corrected chi connectivity index (χ2v) is 8.35. The van der Waals surface area contributed by atoms with Crippen molar-refractivity contribution in [3.05, 3.63) is 29.8 Å². The molecular weight excluding hydrogens is 501 g/mol. The van der Waals surface area contributed by atoms with Crippen molar-refractivity contribution < 1.29 is 4.79 Å². The topological polar surface area (TPSA) is 51.2 Å². The molecule has 2 aliphatic rings. The molecule has 0 radical (unpaired) electrons. The maximum Gasteiger partial charge on any atom is 0.227 e. The molecule has 3 rings (SSSR count). The minimum absolute atomic E-state index is 0. The van der Waals surface area contributed by atoms with Gasteiger partial charge in [-0.15, -0.1) is 24.0 Å². The van der Waals surface area contributed by atoms with Crippen LogP contribution in [0.1, 0.15) is 45.6 Å². The van der Waals surface area contributed by atoms with E-state index in [1.807, 2.05) is 11.0 Å². The lowest BCUT2D eigenvalue weighted by Gasteiger charge is -2.24. The first-order chi connectivity index (χ1) is 14.7. The van der Waals surface area contributed by atoms with Crippen molar-refractivity contribution in [1.29, 1.82) is 0 Å². The molecule has 0 aliphatic carbocycles. The highest BCUT2D eigenvalue weighted by atomic mass is 127. The van der Waals surface area contributed by atoms with Crippen LogP contribution in [-0.2, 0) is 11.2 Å². The number of guanidine groups is 1. The van der Waals surface area contributed by atoms with Crippen LogP contribution in [0.15, 0.2) is 29.3 Å². The molecule has 7 heteroatoms. The number of amides is 1. The van der Waals surface area contributed by atoms with Gasteiger partial charge in [0, 0.05) is 51.4 Å². The molecule has 0 bridgehead atoms. The first-order valence-corrected chi connectivity index (χ1v) is 11.8. The van der Waals surface area contributed by atoms with Gasteiger partial charge in [-0.2, -0.15) is 0 Å². The third kappa shape index (κ3) is 7.07. The van der Waals surface area contributed by atoms with Crippen LogP contribution in [0.5, 0.6) is 0 Å². The molecule has 2 heterocycles. The predicted molar refractivity (Wildman–Crippen MR) is 141 cm³/mol. The zero-order chi connectivity index (χ0) is 21.3. The molecule has 1 fully saturated rings. The summed E-state index contributed by atoms with van der Waals surface area (Å²) in [6.07, 6.45) is 3.55. The van der Waals surface area contributed by atoms with Crippen molar-refractivity contribution in [3.63, 3.8) is 0 Å². The van der Waals surface area contributed by atoms with Crippen molar-refractivity contribution >= 4 is 41.5 Å². The molecule has 1 aromatic rings. The molecule has 1 atom stereocenters. The van der Waals surface area contributed by atoms with Crippen LogP contribution in [0, 0.1) is 5.92 Å². The van der Waals surface area contributed by atoms with E-state index in [1.54, 1.807) is 0 Å². The summed E-state index contributed by atoms with van der Waals surface area (Å²) in [6, 6.07) is 8.25. The van der Waals surface area contributed by atoms with Crippen LogP contribution in [0.3, 0.4) is 0 Å². The van der Waals surface area contributed by atoms with Gasteiger partial charge in [0.15, 0.2) is 5.96 Å². The van der Waals surface area contributed by atoms with Gasteiger partial charge < -0.3 is 20.0 Å². The number of nitrogens with zero attached hydrogens (tertiary/aromatic N) is 4. The summed E-state index contributed by atoms with van der Waals surface area (Å²) in [5.41, 5.74) is 2.38. The Morgan fingerprint density at radius 3 is 2.71 bits per heavy atom. The zero-order valence-electron chi connectivity index (χ0n) is 19.5. The number of rotatable bonds is 9. The summed E-state index contributed by atoms with van der Waals surface area (Å²) in [4.78, 5) is 24.4. The second kappa shape index (κ2) is 13.3. The van der Waals surface area contributed by atoms with E-state index in [4.69, 9.17) is 4.99 Å². The largest absolute Gasteiger partial charge is 0.357 e. The van der Waals surface area contributed by atoms with Crippen molar-refractivity contribution in [2.45, 2.75) is 46.5 Å². The molecule has 31 heavy (non-hydrogen) atoms. The van der Waals surface area contributed by atoms with Gasteiger partial charge in [0.05, 0.1) is 0 Å². The quantitative estimate of drug-likeness (QED) is 0.225. The average Bonchev–Trinajstić information content (AvgIpc) is 3.41. The number of likely N-dealkylation sites (tertiary alicyclic amines) is 1. The lowest BCUT2D eigenvalue weighted by atomic mass is 10.1. The fourth-order valence-electron chi connectivity index (χ4n) is 4.59. The lowest BCUT2D eigenvalue weighted by molar-refractivity contribution is -0.118. The van der Waals surface area contributed by atoms with Gasteiger partial charge in [0.2, 0.25) is 5.91 Å². The van der Waals surface area contributed by atoms with Crippen molar-refractivity contribution in [2.75, 3.05) is 57.3 Å². The number of hydrogen-bond donors (Lipinski definition) is 1. The Bertz CT molecular complexity index is 722. The van der Waals surface area contributed by atoms with E-state index in [1.165, 1.54) is 18.5 Å². The highest BCUT2D eigenvalue weighted by molar-refractivity contribution is 14.0. The molecule has 0 spiro atoms. The van der Waals surface area contributed by atoms with Crippen molar-refractivity contribution in [2.24, 2.45) is 10.9 Å². The van der Waals surface area contributed by atoms with E-state index < -0.39 is 0 Å². The number of anilines is 1. The van der Waals surface area contributed by atoms with Gasteiger partial charge in [-0.25, -0.2) is 0 Å². The van der Waals surface area contributed by atoms with Gasteiger partial charge >= 0.3 is 0 Å². The van der Waals surface area contributed by atoms with Gasteiger partial charge in [0.25, 0.3) is 0 Å². The van der Waals surface area contributed by atoms with E-state index in [9.17, 15) is 4.79 Å². The number of carbonyl (C=O) groups excluding carboxylic acids is 1. The van der Waals surface area contributed by atoms with Crippen LogP contribution in [0.2, 0.25) is 0 Å². The summed E-state index contributed by atoms with van der Waals surface area (Å²) < 4.78 is 0. The maximum absolute atomic E-state index is 12.7. The Hall–Kier alpha value is -1.35. The van der Waals surface area contributed by atoms with E-state index in [-0.39, 0.29) is 29.9 Å². The van der Waals surface area contributed by atoms with E-state index in [0.29, 0.717) is 18.9 Å². The molecule has 1 unspecified atom stereocenters. The van der Waals surface area contributed by atoms with Crippen LogP contribution in [0.4, 0.5) is 5.69 Å². The number of carbonyl (C=O) groups is 1. The van der Waals surface area contributed by atoms with Crippen LogP contribution in [-0.4, -0.2) is 74.0 Å². The maximum atomic E-state index is 12.7. The third-order valence-corrected chi connectivity index (χ3v) is 6.33. The average molecular weight is 542 g/mol. The summed E-state index contributed by atoms with van der Waals surface area (Å²) in [6.45, 7) is 14.5. The standard InChI is InChI=1S/C24H39N5O.HI/c1-4-25-24(28-16-13-20(19-28)18-27(5-2)6-3)26-15-9-12-23(30)29-17-14-21-10-7-8-11-22(21)29;/h7-8,10-11,20H,4-6,9,12-19H2,1-3H3,(H,25,26);1H. The Kier molecular flexibility index (Phi) is 11.1. The van der Waals surface area contributed by atoms with Gasteiger partial charge in [0.1, 0.15) is 0 Å². The van der Waals surface area contributed by atoms with Gasteiger partial charge in [-0.05, 0) is 56.8 Å². The van der Waals surface area contributed by atoms with Crippen LogP contribution >= 0.6 is 24.0 Å². The molecule has 6 nitrogen and oxygen atoms in total. The highest BCUT2D eigenvalue weighted by Crippen LogP contribution is 2.28. The summed E-state index contributed by atoms with van der Waals surface area (Å²) in [7, 11) is 0. The Balaban J connectivity index is 0.00000341. The predicted octanol–water partition coefficient (Wildman–Crippen LogP) is 3.60. The Morgan fingerprint density at radius 1 is 1.19 bits per heavy atom. The number of aliphatic imine (C=N–C) groups is 1. The molecule has 0 aromatic heterocycles. The lowest BCUT2D eigenvalue weighted by Crippen LogP contribution is -2.41. The van der Waals surface area contributed by atoms with E-state index in [2.05, 4.69) is 54.1 Å². The van der Waals surface area contributed by atoms with Gasteiger partial charge in [-0.3, -0.25) is 9.79 Å². The van der Waals surface area contributed by atoms with Crippen LogP contribution < -0.4 is 10.2 Å². The first-order valence-electron chi connectivity index (χ1n) is 11.8. The number of benzene rings is 1. The summed E-state index contributed by atoms with van der Waals surface area (Å²) in [5, 5.41) is 3.45. The minimum Gasteiger partial charge on any atom is -0.357 e. The van der Waals surface area contributed by atoms with Crippen molar-refractivity contribution in [1.82, 2.24) is 15.1 Å². The number of hydrogen-bond acceptors (Lipinski definition) is 3. The second-order valence-electron chi connectivity index (χ2n) is 8.35. The number of halogens is 1. The first kappa shape index (κ1) is 25.9. The van der Waals surface area contributed by atoms with E-state index in [0.717, 1.165) is 63.8 Å². The SMILES string of the molecule is CCNC(=NCCCC(=O)N1CCc2ccccc21)N1CCC(CN(CC)CC)C1.I. The molecule has 1 amide bonds. The molecule has 174 valence electrons. The smallest absolute Gasteiger partial charge is 0.227 e. The van der Waals surface area contributed by atoms with Crippen LogP contribution in [0.25, 0.3) is 0 Å². The van der Waals surface area contributed by atoms with Crippen molar-refractivity contribution in [3.8, 4) is 0 Å². The molecular formula is C24H40IN5O. The molecule has 2 aliphatic heterocycles. The highest BCUT2D eigenvalue weighted by Gasteiger charge is 2.26. The minimum atomic E-state index is 0.